The fraction of sp³-hybridized carbons (Fsp3) is 0.130. The summed E-state index contributed by atoms with van der Waals surface area (Å²) >= 11 is 0. The predicted molar refractivity (Wildman–Crippen MR) is 115 cm³/mol. The number of carbonyl (C=O) groups excluding carboxylic acids is 3. The summed E-state index contributed by atoms with van der Waals surface area (Å²) < 4.78 is 0. The molecule has 1 aromatic heterocycles. The lowest BCUT2D eigenvalue weighted by Crippen LogP contribution is -2.35. The van der Waals surface area contributed by atoms with Crippen LogP contribution >= 0.6 is 0 Å². The molecule has 0 saturated heterocycles. The molecule has 0 bridgehead atoms. The minimum absolute atomic E-state index is 0.186. The van der Waals surface area contributed by atoms with E-state index in [9.17, 15) is 14.4 Å². The highest BCUT2D eigenvalue weighted by molar-refractivity contribution is 6.06. The second-order valence-corrected chi connectivity index (χ2v) is 6.86. The number of aromatic nitrogens is 1. The van der Waals surface area contributed by atoms with Crippen molar-refractivity contribution < 1.29 is 14.4 Å². The summed E-state index contributed by atoms with van der Waals surface area (Å²) in [5.41, 5.74) is 8.74. The Kier molecular flexibility index (Phi) is 6.22. The number of primary amides is 1. The van der Waals surface area contributed by atoms with Gasteiger partial charge in [-0.1, -0.05) is 36.4 Å². The summed E-state index contributed by atoms with van der Waals surface area (Å²) in [5.74, 6) is -1.29. The third-order valence-electron chi connectivity index (χ3n) is 4.51. The van der Waals surface area contributed by atoms with Crippen LogP contribution in [0, 0.1) is 6.92 Å². The maximum Gasteiger partial charge on any atom is 0.257 e. The van der Waals surface area contributed by atoms with Crippen molar-refractivity contribution in [1.82, 2.24) is 9.88 Å². The Morgan fingerprint density at radius 1 is 1.00 bits per heavy atom. The van der Waals surface area contributed by atoms with Crippen molar-refractivity contribution in [2.75, 3.05) is 18.9 Å². The highest BCUT2D eigenvalue weighted by atomic mass is 16.2. The molecule has 0 aliphatic carbocycles. The first-order valence-electron chi connectivity index (χ1n) is 9.33. The molecule has 0 aliphatic heterocycles. The molecule has 0 saturated carbocycles. The minimum Gasteiger partial charge on any atom is -0.368 e. The quantitative estimate of drug-likeness (QED) is 0.661. The van der Waals surface area contributed by atoms with Gasteiger partial charge in [-0.25, -0.2) is 0 Å². The molecule has 3 N–H and O–H groups in total. The van der Waals surface area contributed by atoms with Crippen molar-refractivity contribution in [1.29, 1.82) is 0 Å². The second-order valence-electron chi connectivity index (χ2n) is 6.86. The van der Waals surface area contributed by atoms with E-state index in [4.69, 9.17) is 5.73 Å². The number of likely N-dealkylation sites (N-methyl/N-ethyl adjacent to an activating group) is 1. The van der Waals surface area contributed by atoms with E-state index in [1.165, 1.54) is 11.9 Å². The van der Waals surface area contributed by atoms with Crippen molar-refractivity contribution in [3.8, 4) is 11.3 Å². The van der Waals surface area contributed by atoms with E-state index >= 15 is 0 Å². The molecule has 7 nitrogen and oxygen atoms in total. The van der Waals surface area contributed by atoms with Crippen molar-refractivity contribution in [2.24, 2.45) is 5.73 Å². The average Bonchev–Trinajstić information content (AvgIpc) is 2.73. The molecule has 3 aromatic rings. The molecule has 2 aromatic carbocycles. The maximum atomic E-state index is 12.7. The normalized spacial score (nSPS) is 10.3. The highest BCUT2D eigenvalue weighted by Gasteiger charge is 2.16. The summed E-state index contributed by atoms with van der Waals surface area (Å²) in [7, 11) is 1.49. The Balaban J connectivity index is 1.76. The highest BCUT2D eigenvalue weighted by Crippen LogP contribution is 2.20. The lowest BCUT2D eigenvalue weighted by molar-refractivity contribution is -0.118. The van der Waals surface area contributed by atoms with Crippen molar-refractivity contribution >= 4 is 23.4 Å². The number of hydrogen-bond acceptors (Lipinski definition) is 4. The van der Waals surface area contributed by atoms with Crippen LogP contribution in [0.15, 0.2) is 66.7 Å². The van der Waals surface area contributed by atoms with Gasteiger partial charge in [0.25, 0.3) is 11.8 Å². The average molecular weight is 402 g/mol. The van der Waals surface area contributed by atoms with E-state index in [2.05, 4.69) is 10.3 Å². The Hall–Kier alpha value is -4.00. The summed E-state index contributed by atoms with van der Waals surface area (Å²) in [6.07, 6.45) is 0. The third-order valence-corrected chi connectivity index (χ3v) is 4.51. The number of benzene rings is 2. The Morgan fingerprint density at radius 2 is 1.73 bits per heavy atom. The zero-order valence-electron chi connectivity index (χ0n) is 16.8. The number of anilines is 1. The van der Waals surface area contributed by atoms with Crippen LogP contribution in [0.4, 0.5) is 5.69 Å². The summed E-state index contributed by atoms with van der Waals surface area (Å²) in [6.45, 7) is 1.59. The molecule has 0 unspecified atom stereocenters. The Morgan fingerprint density at radius 3 is 2.40 bits per heavy atom. The Labute approximate surface area is 174 Å². The van der Waals surface area contributed by atoms with E-state index in [-0.39, 0.29) is 18.4 Å². The van der Waals surface area contributed by atoms with E-state index in [1.807, 2.05) is 30.3 Å². The molecule has 0 spiro atoms. The maximum absolute atomic E-state index is 12.7. The first kappa shape index (κ1) is 20.7. The Bertz CT molecular complexity index is 1100. The first-order valence-corrected chi connectivity index (χ1v) is 9.33. The number of hydrogen-bond donors (Lipinski definition) is 2. The monoisotopic (exact) mass is 402 g/mol. The summed E-state index contributed by atoms with van der Waals surface area (Å²) in [5, 5.41) is 2.79. The van der Waals surface area contributed by atoms with Crippen LogP contribution < -0.4 is 11.1 Å². The van der Waals surface area contributed by atoms with Gasteiger partial charge in [-0.2, -0.15) is 0 Å². The molecule has 0 aliphatic rings. The lowest BCUT2D eigenvalue weighted by Gasteiger charge is -2.16. The van der Waals surface area contributed by atoms with E-state index in [0.717, 1.165) is 11.3 Å². The molecular weight excluding hydrogens is 380 g/mol. The number of rotatable bonds is 6. The topological polar surface area (TPSA) is 105 Å². The van der Waals surface area contributed by atoms with Gasteiger partial charge in [-0.05, 0) is 37.3 Å². The van der Waals surface area contributed by atoms with Crippen LogP contribution in [0.25, 0.3) is 11.3 Å². The third kappa shape index (κ3) is 4.88. The van der Waals surface area contributed by atoms with E-state index < -0.39 is 5.91 Å². The number of nitrogens with zero attached hydrogens (tertiary/aromatic N) is 2. The van der Waals surface area contributed by atoms with Gasteiger partial charge in [0.2, 0.25) is 5.91 Å². The largest absolute Gasteiger partial charge is 0.368 e. The molecule has 152 valence electrons. The lowest BCUT2D eigenvalue weighted by atomic mass is 10.1. The number of aryl methyl sites for hydroxylation is 1. The van der Waals surface area contributed by atoms with Gasteiger partial charge < -0.3 is 16.0 Å². The van der Waals surface area contributed by atoms with Crippen LogP contribution in [0.5, 0.6) is 0 Å². The SMILES string of the molecule is Cc1nc(-c2ccccc2)ccc1C(=O)Nc1cccc(C(=O)N(C)CC(N)=O)c1. The van der Waals surface area contributed by atoms with Crippen LogP contribution in [0.1, 0.15) is 26.4 Å². The molecule has 0 atom stereocenters. The zero-order chi connectivity index (χ0) is 21.7. The van der Waals surface area contributed by atoms with Gasteiger partial charge >= 0.3 is 0 Å². The first-order chi connectivity index (χ1) is 14.3. The van der Waals surface area contributed by atoms with Crippen LogP contribution in [-0.2, 0) is 4.79 Å². The van der Waals surface area contributed by atoms with Gasteiger partial charge in [0.1, 0.15) is 0 Å². The molecule has 30 heavy (non-hydrogen) atoms. The second kappa shape index (κ2) is 9.00. The van der Waals surface area contributed by atoms with Crippen LogP contribution in [0.3, 0.4) is 0 Å². The number of nitrogens with one attached hydrogen (secondary N) is 1. The number of carbonyl (C=O) groups is 3. The zero-order valence-corrected chi connectivity index (χ0v) is 16.8. The van der Waals surface area contributed by atoms with Crippen LogP contribution in [-0.4, -0.2) is 41.2 Å². The number of pyridine rings is 1. The molecular formula is C23H22N4O3. The standard InChI is InChI=1S/C23H22N4O3/c1-15-19(11-12-20(25-15)16-7-4-3-5-8-16)22(29)26-18-10-6-9-17(13-18)23(30)27(2)14-21(24)28/h3-13H,14H2,1-2H3,(H2,24,28)(H,26,29). The summed E-state index contributed by atoms with van der Waals surface area (Å²) in [4.78, 5) is 41.9. The fourth-order valence-corrected chi connectivity index (χ4v) is 3.03. The molecule has 1 heterocycles. The van der Waals surface area contributed by atoms with Crippen molar-refractivity contribution in [3.63, 3.8) is 0 Å². The van der Waals surface area contributed by atoms with Gasteiger partial charge in [0.15, 0.2) is 0 Å². The van der Waals surface area contributed by atoms with Gasteiger partial charge in [0.05, 0.1) is 23.5 Å². The van der Waals surface area contributed by atoms with Crippen LogP contribution in [0.2, 0.25) is 0 Å². The predicted octanol–water partition coefficient (Wildman–Crippen LogP) is 2.87. The van der Waals surface area contributed by atoms with Crippen molar-refractivity contribution in [3.05, 3.63) is 83.6 Å². The molecule has 3 amide bonds. The van der Waals surface area contributed by atoms with Gasteiger partial charge in [0, 0.05) is 23.9 Å². The minimum atomic E-state index is -0.600. The smallest absolute Gasteiger partial charge is 0.257 e. The van der Waals surface area contributed by atoms with Gasteiger partial charge in [-0.15, -0.1) is 0 Å². The van der Waals surface area contributed by atoms with E-state index in [0.29, 0.717) is 22.5 Å². The number of amides is 3. The molecule has 7 heteroatoms. The van der Waals surface area contributed by atoms with E-state index in [1.54, 1.807) is 43.3 Å². The molecule has 0 fully saturated rings. The summed E-state index contributed by atoms with van der Waals surface area (Å²) in [6, 6.07) is 19.8. The number of nitrogens with two attached hydrogens (primary N) is 1. The molecule has 0 radical (unpaired) electrons. The van der Waals surface area contributed by atoms with Crippen molar-refractivity contribution in [2.45, 2.75) is 6.92 Å². The van der Waals surface area contributed by atoms with Gasteiger partial charge in [-0.3, -0.25) is 19.4 Å². The molecule has 3 rings (SSSR count). The fourth-order valence-electron chi connectivity index (χ4n) is 3.03.